The first kappa shape index (κ1) is 10.9. The van der Waals surface area contributed by atoms with Gasteiger partial charge in [0.05, 0.1) is 6.61 Å². The summed E-state index contributed by atoms with van der Waals surface area (Å²) in [6, 6.07) is 0. The van der Waals surface area contributed by atoms with Gasteiger partial charge in [-0.25, -0.2) is 9.97 Å². The highest BCUT2D eigenvalue weighted by Crippen LogP contribution is 2.04. The number of aliphatic hydroxyl groups excluding tert-OH is 1. The summed E-state index contributed by atoms with van der Waals surface area (Å²) < 4.78 is 0. The Morgan fingerprint density at radius 1 is 1.43 bits per heavy atom. The first-order valence-electron chi connectivity index (χ1n) is 4.39. The number of rotatable bonds is 4. The van der Waals surface area contributed by atoms with Crippen molar-refractivity contribution in [2.45, 2.75) is 19.4 Å². The van der Waals surface area contributed by atoms with Crippen LogP contribution in [0.5, 0.6) is 0 Å². The van der Waals surface area contributed by atoms with E-state index in [1.54, 1.807) is 12.4 Å². The molecule has 1 aromatic heterocycles. The minimum atomic E-state index is -1.14. The van der Waals surface area contributed by atoms with Gasteiger partial charge in [0, 0.05) is 18.9 Å². The van der Waals surface area contributed by atoms with Crippen LogP contribution in [0.25, 0.3) is 0 Å². The summed E-state index contributed by atoms with van der Waals surface area (Å²) in [5, 5.41) is 21.1. The molecule has 5 heteroatoms. The number of nitrogens with one attached hydrogen (secondary N) is 1. The van der Waals surface area contributed by atoms with Gasteiger partial charge in [-0.3, -0.25) is 0 Å². The Kier molecular flexibility index (Phi) is 3.38. The van der Waals surface area contributed by atoms with E-state index in [4.69, 9.17) is 5.11 Å². The van der Waals surface area contributed by atoms with Gasteiger partial charge in [-0.15, -0.1) is 0 Å². The quantitative estimate of drug-likeness (QED) is 0.630. The fourth-order valence-corrected chi connectivity index (χ4v) is 0.809. The Bertz CT molecular complexity index is 285. The Morgan fingerprint density at radius 2 is 2.00 bits per heavy atom. The molecule has 0 aliphatic rings. The number of aromatic nitrogens is 2. The van der Waals surface area contributed by atoms with Gasteiger partial charge in [0.25, 0.3) is 0 Å². The Morgan fingerprint density at radius 3 is 2.50 bits per heavy atom. The van der Waals surface area contributed by atoms with Crippen LogP contribution in [-0.2, 0) is 0 Å². The average Bonchev–Trinajstić information content (AvgIpc) is 2.17. The molecule has 0 bridgehead atoms. The minimum absolute atomic E-state index is 0.215. The molecule has 1 atom stereocenters. The largest absolute Gasteiger partial charge is 0.393 e. The molecule has 0 spiro atoms. The molecule has 0 aliphatic carbocycles. The summed E-state index contributed by atoms with van der Waals surface area (Å²) in [4.78, 5) is 8.00. The third kappa shape index (κ3) is 3.27. The van der Waals surface area contributed by atoms with Gasteiger partial charge < -0.3 is 15.5 Å². The van der Waals surface area contributed by atoms with Crippen molar-refractivity contribution in [2.24, 2.45) is 0 Å². The molecule has 1 aromatic rings. The van der Waals surface area contributed by atoms with E-state index >= 15 is 0 Å². The molecule has 3 N–H and O–H groups in total. The maximum Gasteiger partial charge on any atom is 0.222 e. The number of hydrogen-bond donors (Lipinski definition) is 3. The lowest BCUT2D eigenvalue weighted by Crippen LogP contribution is -2.37. The molecule has 1 heterocycles. The van der Waals surface area contributed by atoms with Gasteiger partial charge in [-0.1, -0.05) is 0 Å². The first-order chi connectivity index (χ1) is 6.53. The second-order valence-electron chi connectivity index (χ2n) is 3.59. The normalized spacial score (nSPS) is 14.9. The van der Waals surface area contributed by atoms with Gasteiger partial charge in [0.15, 0.2) is 0 Å². The Balaban J connectivity index is 2.50. The van der Waals surface area contributed by atoms with Crippen LogP contribution in [0.2, 0.25) is 0 Å². The molecule has 5 nitrogen and oxygen atoms in total. The standard InChI is InChI=1S/C9H15N3O2/c1-7-3-10-8(11-4-7)12-5-9(2,14)6-13/h3-4,13-14H,5-6H2,1-2H3,(H,10,11,12). The van der Waals surface area contributed by atoms with Crippen LogP contribution in [0.4, 0.5) is 5.95 Å². The summed E-state index contributed by atoms with van der Waals surface area (Å²) in [6.07, 6.45) is 3.37. The molecular formula is C9H15N3O2. The molecular weight excluding hydrogens is 182 g/mol. The van der Waals surface area contributed by atoms with Crippen LogP contribution in [-0.4, -0.2) is 38.9 Å². The number of hydrogen-bond acceptors (Lipinski definition) is 5. The molecule has 14 heavy (non-hydrogen) atoms. The molecule has 1 unspecified atom stereocenters. The highest BCUT2D eigenvalue weighted by molar-refractivity contribution is 5.24. The lowest BCUT2D eigenvalue weighted by molar-refractivity contribution is 0.0131. The zero-order valence-electron chi connectivity index (χ0n) is 8.36. The molecule has 0 saturated carbocycles. The van der Waals surface area contributed by atoms with Gasteiger partial charge >= 0.3 is 0 Å². The van der Waals surface area contributed by atoms with Crippen LogP contribution in [0, 0.1) is 6.92 Å². The molecule has 0 radical (unpaired) electrons. The van der Waals surface area contributed by atoms with E-state index in [0.29, 0.717) is 5.95 Å². The van der Waals surface area contributed by atoms with E-state index in [-0.39, 0.29) is 13.2 Å². The minimum Gasteiger partial charge on any atom is -0.393 e. The second kappa shape index (κ2) is 4.34. The third-order valence-electron chi connectivity index (χ3n) is 1.75. The Hall–Kier alpha value is -1.20. The lowest BCUT2D eigenvalue weighted by Gasteiger charge is -2.20. The van der Waals surface area contributed by atoms with Gasteiger partial charge in [-0.05, 0) is 19.4 Å². The van der Waals surface area contributed by atoms with Crippen molar-refractivity contribution in [1.29, 1.82) is 0 Å². The fourth-order valence-electron chi connectivity index (χ4n) is 0.809. The average molecular weight is 197 g/mol. The first-order valence-corrected chi connectivity index (χ1v) is 4.39. The molecule has 1 rings (SSSR count). The molecule has 78 valence electrons. The van der Waals surface area contributed by atoms with E-state index < -0.39 is 5.60 Å². The van der Waals surface area contributed by atoms with Crippen molar-refractivity contribution in [1.82, 2.24) is 9.97 Å². The topological polar surface area (TPSA) is 78.3 Å². The van der Waals surface area contributed by atoms with Crippen LogP contribution in [0.3, 0.4) is 0 Å². The van der Waals surface area contributed by atoms with Crippen LogP contribution in [0.15, 0.2) is 12.4 Å². The SMILES string of the molecule is Cc1cnc(NCC(C)(O)CO)nc1. The predicted octanol–water partition coefficient (Wildman–Crippen LogP) is -0.0598. The maximum atomic E-state index is 9.47. The maximum absolute atomic E-state index is 9.47. The Labute approximate surface area is 82.8 Å². The second-order valence-corrected chi connectivity index (χ2v) is 3.59. The van der Waals surface area contributed by atoms with E-state index in [1.165, 1.54) is 6.92 Å². The van der Waals surface area contributed by atoms with E-state index in [1.807, 2.05) is 6.92 Å². The number of aliphatic hydroxyl groups is 2. The van der Waals surface area contributed by atoms with Crippen LogP contribution >= 0.6 is 0 Å². The van der Waals surface area contributed by atoms with Crippen LogP contribution in [0.1, 0.15) is 12.5 Å². The monoisotopic (exact) mass is 197 g/mol. The summed E-state index contributed by atoms with van der Waals surface area (Å²) >= 11 is 0. The number of nitrogens with zero attached hydrogens (tertiary/aromatic N) is 2. The molecule has 0 amide bonds. The van der Waals surface area contributed by atoms with Gasteiger partial charge in [0.2, 0.25) is 5.95 Å². The molecule has 0 fully saturated rings. The number of anilines is 1. The van der Waals surface area contributed by atoms with Crippen LogP contribution < -0.4 is 5.32 Å². The fraction of sp³-hybridized carbons (Fsp3) is 0.556. The number of aryl methyl sites for hydroxylation is 1. The summed E-state index contributed by atoms with van der Waals surface area (Å²) in [7, 11) is 0. The third-order valence-corrected chi connectivity index (χ3v) is 1.75. The lowest BCUT2D eigenvalue weighted by atomic mass is 10.1. The van der Waals surface area contributed by atoms with Crippen molar-refractivity contribution in [2.75, 3.05) is 18.5 Å². The van der Waals surface area contributed by atoms with Gasteiger partial charge in [-0.2, -0.15) is 0 Å². The van der Waals surface area contributed by atoms with E-state index in [2.05, 4.69) is 15.3 Å². The van der Waals surface area contributed by atoms with Crippen molar-refractivity contribution in [3.8, 4) is 0 Å². The predicted molar refractivity (Wildman–Crippen MR) is 53.0 cm³/mol. The smallest absolute Gasteiger partial charge is 0.222 e. The van der Waals surface area contributed by atoms with Crippen molar-refractivity contribution in [3.05, 3.63) is 18.0 Å². The zero-order chi connectivity index (χ0) is 10.6. The molecule has 0 saturated heterocycles. The van der Waals surface area contributed by atoms with Gasteiger partial charge in [0.1, 0.15) is 5.60 Å². The molecule has 0 aliphatic heterocycles. The zero-order valence-corrected chi connectivity index (χ0v) is 8.36. The van der Waals surface area contributed by atoms with Crippen molar-refractivity contribution in [3.63, 3.8) is 0 Å². The summed E-state index contributed by atoms with van der Waals surface area (Å²) in [5.74, 6) is 0.448. The molecule has 0 aromatic carbocycles. The van der Waals surface area contributed by atoms with E-state index in [9.17, 15) is 5.11 Å². The summed E-state index contributed by atoms with van der Waals surface area (Å²) in [6.45, 7) is 3.35. The highest BCUT2D eigenvalue weighted by atomic mass is 16.3. The highest BCUT2D eigenvalue weighted by Gasteiger charge is 2.18. The van der Waals surface area contributed by atoms with Crippen molar-refractivity contribution < 1.29 is 10.2 Å². The van der Waals surface area contributed by atoms with E-state index in [0.717, 1.165) is 5.56 Å². The summed E-state index contributed by atoms with van der Waals surface area (Å²) in [5.41, 5.74) is -0.168. The van der Waals surface area contributed by atoms with Crippen molar-refractivity contribution >= 4 is 5.95 Å².